The van der Waals surface area contributed by atoms with E-state index in [0.29, 0.717) is 18.2 Å². The van der Waals surface area contributed by atoms with Gasteiger partial charge in [-0.05, 0) is 65.0 Å². The van der Waals surface area contributed by atoms with Crippen LogP contribution in [0.2, 0.25) is 0 Å². The van der Waals surface area contributed by atoms with Crippen LogP contribution < -0.4 is 16.6 Å². The SMILES string of the molecule is CCOC(=O)CCCn1c(=O)ccc(F)c(NCC2CC2)cc(C)n(C(C)C)c1=O. The van der Waals surface area contributed by atoms with Crippen molar-refractivity contribution in [1.29, 1.82) is 0 Å². The second-order valence-corrected chi connectivity index (χ2v) is 7.85. The van der Waals surface area contributed by atoms with Crippen LogP contribution in [0.5, 0.6) is 0 Å². The van der Waals surface area contributed by atoms with Gasteiger partial charge in [-0.15, -0.1) is 0 Å². The third kappa shape index (κ3) is 6.71. The van der Waals surface area contributed by atoms with Crippen molar-refractivity contribution in [2.75, 3.05) is 18.5 Å². The Morgan fingerprint density at radius 3 is 2.60 bits per heavy atom. The normalized spacial score (nSPS) is 13.1. The zero-order valence-electron chi connectivity index (χ0n) is 18.2. The molecule has 0 aromatic carbocycles. The molecule has 0 aliphatic heterocycles. The van der Waals surface area contributed by atoms with E-state index in [-0.39, 0.29) is 43.7 Å². The molecule has 1 N–H and O–H groups in total. The molecule has 0 unspecified atom stereocenters. The van der Waals surface area contributed by atoms with Crippen LogP contribution in [0.1, 0.15) is 58.2 Å². The fourth-order valence-corrected chi connectivity index (χ4v) is 3.21. The molecule has 8 heteroatoms. The first-order valence-corrected chi connectivity index (χ1v) is 10.5. The number of ether oxygens (including phenoxy) is 1. The smallest absolute Gasteiger partial charge is 0.331 e. The second kappa shape index (κ2) is 10.9. The predicted molar refractivity (Wildman–Crippen MR) is 115 cm³/mol. The Balaban J connectivity index is 2.53. The van der Waals surface area contributed by atoms with Crippen molar-refractivity contribution in [1.82, 2.24) is 9.13 Å². The summed E-state index contributed by atoms with van der Waals surface area (Å²) in [6.45, 7) is 8.06. The zero-order chi connectivity index (χ0) is 22.3. The summed E-state index contributed by atoms with van der Waals surface area (Å²) in [5, 5.41) is 3.10. The highest BCUT2D eigenvalue weighted by molar-refractivity contribution is 5.69. The third-order valence-electron chi connectivity index (χ3n) is 4.93. The van der Waals surface area contributed by atoms with E-state index < -0.39 is 17.1 Å². The molecule has 166 valence electrons. The summed E-state index contributed by atoms with van der Waals surface area (Å²) < 4.78 is 22.2. The van der Waals surface area contributed by atoms with Crippen LogP contribution >= 0.6 is 0 Å². The quantitative estimate of drug-likeness (QED) is 0.619. The summed E-state index contributed by atoms with van der Waals surface area (Å²) in [5.74, 6) is -0.406. The monoisotopic (exact) mass is 421 g/mol. The maximum atomic E-state index is 14.8. The van der Waals surface area contributed by atoms with E-state index in [0.717, 1.165) is 29.5 Å². The minimum atomic E-state index is -0.624. The van der Waals surface area contributed by atoms with Crippen molar-refractivity contribution in [3.8, 4) is 0 Å². The number of esters is 1. The largest absolute Gasteiger partial charge is 0.466 e. The standard InChI is InChI=1S/C22H32FN3O4/c1-5-30-21(28)7-6-12-25-20(27)11-10-18(23)19(24-14-17-8-9-17)13-16(4)26(15(2)3)22(25)29/h10-11,13,15,17,24H,5-9,12,14H2,1-4H3. The molecule has 1 aromatic rings. The lowest BCUT2D eigenvalue weighted by atomic mass is 10.2. The van der Waals surface area contributed by atoms with Gasteiger partial charge in [-0.25, -0.2) is 9.18 Å². The first-order chi connectivity index (χ1) is 14.2. The number of hydrogen-bond donors (Lipinski definition) is 1. The molecule has 1 aliphatic rings. The van der Waals surface area contributed by atoms with Crippen molar-refractivity contribution in [3.05, 3.63) is 50.5 Å². The van der Waals surface area contributed by atoms with E-state index in [1.165, 1.54) is 4.57 Å². The number of hydrogen-bond acceptors (Lipinski definition) is 5. The van der Waals surface area contributed by atoms with E-state index >= 15 is 0 Å². The highest BCUT2D eigenvalue weighted by Gasteiger charge is 2.21. The molecule has 0 radical (unpaired) electrons. The van der Waals surface area contributed by atoms with Crippen molar-refractivity contribution in [2.24, 2.45) is 5.92 Å². The number of aryl methyl sites for hydroxylation is 1. The maximum Gasteiger partial charge on any atom is 0.331 e. The molecule has 0 bridgehead atoms. The topological polar surface area (TPSA) is 82.3 Å². The summed E-state index contributed by atoms with van der Waals surface area (Å²) in [5.41, 5.74) is -0.332. The van der Waals surface area contributed by atoms with Crippen molar-refractivity contribution < 1.29 is 13.9 Å². The third-order valence-corrected chi connectivity index (χ3v) is 4.93. The zero-order valence-corrected chi connectivity index (χ0v) is 18.2. The molecular formula is C22H32FN3O4. The molecule has 7 nitrogen and oxygen atoms in total. The molecule has 0 amide bonds. The average Bonchev–Trinajstić information content (AvgIpc) is 3.50. The summed E-state index contributed by atoms with van der Waals surface area (Å²) in [6.07, 6.45) is 2.60. The van der Waals surface area contributed by atoms with Gasteiger partial charge in [0.2, 0.25) is 0 Å². The fourth-order valence-electron chi connectivity index (χ4n) is 3.21. The van der Waals surface area contributed by atoms with Crippen LogP contribution in [0.15, 0.2) is 27.8 Å². The number of aromatic nitrogens is 2. The number of nitrogens with one attached hydrogen (secondary N) is 1. The van der Waals surface area contributed by atoms with Gasteiger partial charge in [0.25, 0.3) is 5.56 Å². The van der Waals surface area contributed by atoms with Gasteiger partial charge >= 0.3 is 11.7 Å². The predicted octanol–water partition coefficient (Wildman–Crippen LogP) is 3.33. The maximum absolute atomic E-state index is 14.8. The molecule has 1 saturated carbocycles. The van der Waals surface area contributed by atoms with Crippen LogP contribution in [0.4, 0.5) is 10.1 Å². The van der Waals surface area contributed by atoms with Gasteiger partial charge in [-0.1, -0.05) is 0 Å². The minimum Gasteiger partial charge on any atom is -0.466 e. The van der Waals surface area contributed by atoms with Gasteiger partial charge in [0.1, 0.15) is 5.82 Å². The molecular weight excluding hydrogens is 389 g/mol. The Kier molecular flexibility index (Phi) is 8.62. The lowest BCUT2D eigenvalue weighted by molar-refractivity contribution is -0.143. The number of nitrogens with zero attached hydrogens (tertiary/aromatic N) is 2. The van der Waals surface area contributed by atoms with E-state index in [9.17, 15) is 18.8 Å². The van der Waals surface area contributed by atoms with Crippen LogP contribution in [0.25, 0.3) is 0 Å². The first kappa shape index (κ1) is 23.6. The molecule has 1 aliphatic carbocycles. The van der Waals surface area contributed by atoms with Crippen molar-refractivity contribution in [2.45, 2.75) is 66.0 Å². The van der Waals surface area contributed by atoms with Crippen LogP contribution in [-0.2, 0) is 16.1 Å². The Bertz CT molecular complexity index is 931. The number of anilines is 1. The lowest BCUT2D eigenvalue weighted by Crippen LogP contribution is -2.38. The molecule has 0 spiro atoms. The van der Waals surface area contributed by atoms with Gasteiger partial charge in [0.05, 0.1) is 12.3 Å². The highest BCUT2D eigenvalue weighted by Crippen LogP contribution is 2.29. The molecule has 30 heavy (non-hydrogen) atoms. The van der Waals surface area contributed by atoms with Crippen LogP contribution in [0, 0.1) is 18.7 Å². The summed E-state index contributed by atoms with van der Waals surface area (Å²) >= 11 is 0. The summed E-state index contributed by atoms with van der Waals surface area (Å²) in [6, 6.07) is 3.50. The number of carbonyl (C=O) groups excluding carboxylic acids is 1. The van der Waals surface area contributed by atoms with Gasteiger partial charge < -0.3 is 10.1 Å². The fraction of sp³-hybridized carbons (Fsp3) is 0.591. The number of halogens is 1. The van der Waals surface area contributed by atoms with Gasteiger partial charge in [-0.3, -0.25) is 18.7 Å². The lowest BCUT2D eigenvalue weighted by Gasteiger charge is -2.15. The van der Waals surface area contributed by atoms with E-state index in [4.69, 9.17) is 4.74 Å². The Morgan fingerprint density at radius 1 is 1.30 bits per heavy atom. The summed E-state index contributed by atoms with van der Waals surface area (Å²) in [4.78, 5) is 37.5. The van der Waals surface area contributed by atoms with Crippen molar-refractivity contribution >= 4 is 11.7 Å². The Morgan fingerprint density at radius 2 is 2.00 bits per heavy atom. The average molecular weight is 422 g/mol. The first-order valence-electron chi connectivity index (χ1n) is 10.5. The van der Waals surface area contributed by atoms with Gasteiger partial charge in [0, 0.05) is 37.3 Å². The Hall–Kier alpha value is -2.64. The highest BCUT2D eigenvalue weighted by atomic mass is 19.1. The molecule has 0 atom stereocenters. The minimum absolute atomic E-state index is 0.0371. The number of rotatable bonds is 9. The van der Waals surface area contributed by atoms with E-state index in [1.807, 2.05) is 13.8 Å². The molecule has 2 rings (SSSR count). The molecule has 1 fully saturated rings. The van der Waals surface area contributed by atoms with Gasteiger partial charge in [0.15, 0.2) is 0 Å². The summed E-state index contributed by atoms with van der Waals surface area (Å²) in [7, 11) is 0. The van der Waals surface area contributed by atoms with Crippen LogP contribution in [0.3, 0.4) is 0 Å². The Labute approximate surface area is 176 Å². The van der Waals surface area contributed by atoms with Gasteiger partial charge in [-0.2, -0.15) is 0 Å². The molecule has 1 aromatic heterocycles. The molecule has 1 heterocycles. The van der Waals surface area contributed by atoms with Crippen LogP contribution in [-0.4, -0.2) is 28.3 Å². The van der Waals surface area contributed by atoms with Crippen molar-refractivity contribution in [3.63, 3.8) is 0 Å². The molecule has 0 saturated heterocycles. The van der Waals surface area contributed by atoms with E-state index in [2.05, 4.69) is 5.32 Å². The van der Waals surface area contributed by atoms with E-state index in [1.54, 1.807) is 19.9 Å². The second-order valence-electron chi connectivity index (χ2n) is 7.85. The number of carbonyl (C=O) groups is 1.